The maximum Gasteiger partial charge on any atom is 0.260 e. The first-order valence-electron chi connectivity index (χ1n) is 9.43. The summed E-state index contributed by atoms with van der Waals surface area (Å²) in [4.78, 5) is 17.2. The molecule has 4 rings (SSSR count). The average molecular weight is 319 g/mol. The molecule has 0 aromatic carbocycles. The van der Waals surface area contributed by atoms with Crippen LogP contribution in [-0.2, 0) is 4.79 Å². The topological polar surface area (TPSA) is 55.8 Å². The van der Waals surface area contributed by atoms with Gasteiger partial charge in [-0.1, -0.05) is 0 Å². The number of amides is 1. The molecule has 0 saturated carbocycles. The zero-order valence-corrected chi connectivity index (χ0v) is 14.0. The normalized spacial score (nSPS) is 31.8. The van der Waals surface area contributed by atoms with Crippen LogP contribution in [0.1, 0.15) is 51.4 Å². The summed E-state index contributed by atoms with van der Waals surface area (Å²) in [5, 5.41) is 13.7. The summed E-state index contributed by atoms with van der Waals surface area (Å²) in [6.45, 7) is 4.46. The van der Waals surface area contributed by atoms with E-state index in [2.05, 4.69) is 10.2 Å². The van der Waals surface area contributed by atoms with Crippen LogP contribution in [0.15, 0.2) is 11.3 Å². The van der Waals surface area contributed by atoms with Crippen LogP contribution in [-0.4, -0.2) is 65.2 Å². The Hall–Kier alpha value is -0.910. The van der Waals surface area contributed by atoms with E-state index in [1.54, 1.807) is 0 Å². The Morgan fingerprint density at radius 3 is 2.39 bits per heavy atom. The lowest BCUT2D eigenvalue weighted by Crippen LogP contribution is -2.51. The lowest BCUT2D eigenvalue weighted by molar-refractivity contribution is -0.136. The van der Waals surface area contributed by atoms with Crippen molar-refractivity contribution in [2.75, 3.05) is 26.2 Å². The molecular formula is C18H29N3O2. The van der Waals surface area contributed by atoms with Gasteiger partial charge in [0.25, 0.3) is 5.91 Å². The standard InChI is InChI=1S/C18H29N3O2/c22-17-15-3-1-2-4-16(15)21(18(17)23)14-7-11-20(12-8-14)13-5-9-19-10-6-13/h13-14,17,19,22H,1-12H2. The highest BCUT2D eigenvalue weighted by Crippen LogP contribution is 2.39. The summed E-state index contributed by atoms with van der Waals surface area (Å²) < 4.78 is 0. The Kier molecular flexibility index (Phi) is 4.43. The lowest BCUT2D eigenvalue weighted by Gasteiger charge is -2.42. The predicted molar refractivity (Wildman–Crippen MR) is 88.8 cm³/mol. The number of aliphatic hydroxyl groups excluding tert-OH is 1. The van der Waals surface area contributed by atoms with Crippen molar-refractivity contribution in [3.8, 4) is 0 Å². The minimum absolute atomic E-state index is 0.0442. The smallest absolute Gasteiger partial charge is 0.260 e. The number of aliphatic hydroxyl groups is 1. The molecule has 0 spiro atoms. The number of carbonyl (C=O) groups is 1. The van der Waals surface area contributed by atoms with E-state index in [0.29, 0.717) is 6.04 Å². The molecular weight excluding hydrogens is 290 g/mol. The van der Waals surface area contributed by atoms with Gasteiger partial charge in [0.1, 0.15) is 0 Å². The van der Waals surface area contributed by atoms with Crippen molar-refractivity contribution in [3.63, 3.8) is 0 Å². The van der Waals surface area contributed by atoms with Crippen LogP contribution in [0.2, 0.25) is 0 Å². The van der Waals surface area contributed by atoms with Crippen LogP contribution in [0.4, 0.5) is 0 Å². The van der Waals surface area contributed by atoms with Crippen LogP contribution in [0.25, 0.3) is 0 Å². The van der Waals surface area contributed by atoms with Crippen molar-refractivity contribution in [1.82, 2.24) is 15.1 Å². The molecule has 3 heterocycles. The third kappa shape index (κ3) is 2.83. The molecule has 1 atom stereocenters. The van der Waals surface area contributed by atoms with Gasteiger partial charge in [-0.15, -0.1) is 0 Å². The number of nitrogens with one attached hydrogen (secondary N) is 1. The number of carbonyl (C=O) groups excluding carboxylic acids is 1. The number of hydrogen-bond donors (Lipinski definition) is 2. The van der Waals surface area contributed by atoms with E-state index >= 15 is 0 Å². The van der Waals surface area contributed by atoms with Crippen molar-refractivity contribution in [1.29, 1.82) is 0 Å². The molecule has 2 N–H and O–H groups in total. The van der Waals surface area contributed by atoms with Crippen LogP contribution in [0.5, 0.6) is 0 Å². The number of nitrogens with zero attached hydrogens (tertiary/aromatic N) is 2. The first-order chi connectivity index (χ1) is 11.3. The third-order valence-electron chi connectivity index (χ3n) is 6.26. The fourth-order valence-corrected chi connectivity index (χ4v) is 4.98. The Morgan fingerprint density at radius 2 is 1.65 bits per heavy atom. The molecule has 5 heteroatoms. The molecule has 0 radical (unpaired) electrons. The van der Waals surface area contributed by atoms with Gasteiger partial charge in [0.2, 0.25) is 0 Å². The van der Waals surface area contributed by atoms with Gasteiger partial charge in [-0.2, -0.15) is 0 Å². The third-order valence-corrected chi connectivity index (χ3v) is 6.26. The number of piperidine rings is 2. The molecule has 4 aliphatic rings. The summed E-state index contributed by atoms with van der Waals surface area (Å²) >= 11 is 0. The van der Waals surface area contributed by atoms with E-state index in [-0.39, 0.29) is 5.91 Å². The maximum atomic E-state index is 12.6. The molecule has 2 fully saturated rings. The molecule has 0 bridgehead atoms. The summed E-state index contributed by atoms with van der Waals surface area (Å²) in [6, 6.07) is 1.03. The van der Waals surface area contributed by atoms with Gasteiger partial charge in [0.05, 0.1) is 0 Å². The highest BCUT2D eigenvalue weighted by Gasteiger charge is 2.43. The van der Waals surface area contributed by atoms with Crippen LogP contribution in [0, 0.1) is 0 Å². The van der Waals surface area contributed by atoms with Crippen LogP contribution < -0.4 is 5.32 Å². The average Bonchev–Trinajstić information content (AvgIpc) is 2.87. The Bertz CT molecular complexity index is 490. The van der Waals surface area contributed by atoms with Crippen LogP contribution in [0.3, 0.4) is 0 Å². The lowest BCUT2D eigenvalue weighted by atomic mass is 9.94. The van der Waals surface area contributed by atoms with Gasteiger partial charge in [0, 0.05) is 30.9 Å². The molecule has 1 amide bonds. The molecule has 2 saturated heterocycles. The Balaban J connectivity index is 1.41. The highest BCUT2D eigenvalue weighted by molar-refractivity contribution is 5.89. The molecule has 5 nitrogen and oxygen atoms in total. The predicted octanol–water partition coefficient (Wildman–Crippen LogP) is 1.23. The second-order valence-electron chi connectivity index (χ2n) is 7.54. The van der Waals surface area contributed by atoms with E-state index in [1.165, 1.54) is 18.5 Å². The quantitative estimate of drug-likeness (QED) is 0.804. The van der Waals surface area contributed by atoms with Gasteiger partial charge in [0.15, 0.2) is 6.10 Å². The molecule has 3 aliphatic heterocycles. The maximum absolute atomic E-state index is 12.6. The summed E-state index contributed by atoms with van der Waals surface area (Å²) in [5.41, 5.74) is 2.20. The zero-order valence-electron chi connectivity index (χ0n) is 14.0. The summed E-state index contributed by atoms with van der Waals surface area (Å²) in [5.74, 6) is -0.0442. The second kappa shape index (κ2) is 6.54. The SMILES string of the molecule is O=C1C(O)C2=C(CCCC2)N1C1CCN(C2CCNCC2)CC1. The van der Waals surface area contributed by atoms with E-state index in [0.717, 1.165) is 76.3 Å². The highest BCUT2D eigenvalue weighted by atomic mass is 16.3. The summed E-state index contributed by atoms with van der Waals surface area (Å²) in [7, 11) is 0. The number of hydrogen-bond acceptors (Lipinski definition) is 4. The van der Waals surface area contributed by atoms with E-state index < -0.39 is 6.10 Å². The minimum Gasteiger partial charge on any atom is -0.379 e. The van der Waals surface area contributed by atoms with E-state index in [1.807, 2.05) is 4.90 Å². The molecule has 0 aromatic rings. The molecule has 1 aliphatic carbocycles. The zero-order chi connectivity index (χ0) is 15.8. The first kappa shape index (κ1) is 15.6. The monoisotopic (exact) mass is 319 g/mol. The first-order valence-corrected chi connectivity index (χ1v) is 9.43. The molecule has 1 unspecified atom stereocenters. The van der Waals surface area contributed by atoms with E-state index in [9.17, 15) is 9.90 Å². The van der Waals surface area contributed by atoms with Gasteiger partial charge in [-0.05, 0) is 70.0 Å². The number of allylic oxidation sites excluding steroid dienone is 1. The molecule has 0 aromatic heterocycles. The van der Waals surface area contributed by atoms with Crippen molar-refractivity contribution >= 4 is 5.91 Å². The van der Waals surface area contributed by atoms with Crippen LogP contribution >= 0.6 is 0 Å². The van der Waals surface area contributed by atoms with Crippen molar-refractivity contribution < 1.29 is 9.90 Å². The van der Waals surface area contributed by atoms with Gasteiger partial charge in [-0.25, -0.2) is 0 Å². The van der Waals surface area contributed by atoms with Gasteiger partial charge in [-0.3, -0.25) is 4.79 Å². The van der Waals surface area contributed by atoms with Crippen molar-refractivity contribution in [2.24, 2.45) is 0 Å². The molecule has 128 valence electrons. The number of likely N-dealkylation sites (tertiary alicyclic amines) is 1. The number of rotatable bonds is 2. The fourth-order valence-electron chi connectivity index (χ4n) is 4.98. The Morgan fingerprint density at radius 1 is 0.957 bits per heavy atom. The van der Waals surface area contributed by atoms with Crippen molar-refractivity contribution in [2.45, 2.75) is 69.6 Å². The molecule has 23 heavy (non-hydrogen) atoms. The largest absolute Gasteiger partial charge is 0.379 e. The fraction of sp³-hybridized carbons (Fsp3) is 0.833. The van der Waals surface area contributed by atoms with E-state index in [4.69, 9.17) is 0 Å². The second-order valence-corrected chi connectivity index (χ2v) is 7.54. The minimum atomic E-state index is -0.840. The van der Waals surface area contributed by atoms with Crippen molar-refractivity contribution in [3.05, 3.63) is 11.3 Å². The Labute approximate surface area is 138 Å². The van der Waals surface area contributed by atoms with Gasteiger partial charge >= 0.3 is 0 Å². The summed E-state index contributed by atoms with van der Waals surface area (Å²) in [6.07, 6.45) is 7.93. The van der Waals surface area contributed by atoms with Gasteiger partial charge < -0.3 is 20.2 Å².